The zero-order valence-electron chi connectivity index (χ0n) is 8.27. The molecule has 14 heavy (non-hydrogen) atoms. The molecular weight excluding hydrogens is 198 g/mol. The highest BCUT2D eigenvalue weighted by molar-refractivity contribution is 7.99. The summed E-state index contributed by atoms with van der Waals surface area (Å²) < 4.78 is 7.42. The van der Waals surface area contributed by atoms with Crippen LogP contribution >= 0.6 is 11.8 Å². The molecule has 4 nitrogen and oxygen atoms in total. The van der Waals surface area contributed by atoms with Crippen molar-refractivity contribution in [2.75, 3.05) is 25.4 Å². The lowest BCUT2D eigenvalue weighted by Gasteiger charge is -2.22. The minimum absolute atomic E-state index is 0.342. The number of rotatable bonds is 3. The van der Waals surface area contributed by atoms with Crippen LogP contribution in [0.15, 0.2) is 17.3 Å². The van der Waals surface area contributed by atoms with Crippen LogP contribution in [0.5, 0.6) is 0 Å². The van der Waals surface area contributed by atoms with Gasteiger partial charge in [0.15, 0.2) is 0 Å². The zero-order valence-corrected chi connectivity index (χ0v) is 9.09. The minimum atomic E-state index is 0.342. The van der Waals surface area contributed by atoms with Gasteiger partial charge in [0, 0.05) is 37.0 Å². The van der Waals surface area contributed by atoms with Crippen molar-refractivity contribution in [2.45, 2.75) is 11.0 Å². The summed E-state index contributed by atoms with van der Waals surface area (Å²) >= 11 is 1.80. The highest BCUT2D eigenvalue weighted by atomic mass is 32.2. The maximum absolute atomic E-state index is 5.60. The van der Waals surface area contributed by atoms with Gasteiger partial charge in [0.1, 0.15) is 0 Å². The standard InChI is InChI=1S/C9H15N3OS/c1-12-6-9(5-11-12)14-7-8-4-10-2-3-13-8/h5-6,8,10H,2-4,7H2,1H3. The number of hydrogen-bond acceptors (Lipinski definition) is 4. The van der Waals surface area contributed by atoms with Crippen molar-refractivity contribution < 1.29 is 4.74 Å². The third-order valence-corrected chi connectivity index (χ3v) is 3.20. The van der Waals surface area contributed by atoms with E-state index in [0.717, 1.165) is 25.4 Å². The molecule has 1 fully saturated rings. The number of nitrogens with zero attached hydrogens (tertiary/aromatic N) is 2. The third kappa shape index (κ3) is 2.73. The second-order valence-corrected chi connectivity index (χ2v) is 4.45. The average molecular weight is 213 g/mol. The first kappa shape index (κ1) is 10.0. The van der Waals surface area contributed by atoms with Crippen LogP contribution in [0.3, 0.4) is 0 Å². The maximum atomic E-state index is 5.60. The van der Waals surface area contributed by atoms with Crippen molar-refractivity contribution >= 4 is 11.8 Å². The number of aryl methyl sites for hydroxylation is 1. The monoisotopic (exact) mass is 213 g/mol. The van der Waals surface area contributed by atoms with Crippen molar-refractivity contribution in [1.29, 1.82) is 0 Å². The van der Waals surface area contributed by atoms with E-state index in [-0.39, 0.29) is 0 Å². The summed E-state index contributed by atoms with van der Waals surface area (Å²) in [4.78, 5) is 1.21. The van der Waals surface area contributed by atoms with E-state index in [1.54, 1.807) is 11.8 Å². The van der Waals surface area contributed by atoms with Gasteiger partial charge in [0.05, 0.1) is 18.9 Å². The van der Waals surface area contributed by atoms with E-state index in [2.05, 4.69) is 10.4 Å². The molecule has 0 aromatic carbocycles. The molecule has 1 aromatic heterocycles. The molecule has 0 amide bonds. The Hall–Kier alpha value is -0.520. The normalized spacial score (nSPS) is 22.5. The van der Waals surface area contributed by atoms with E-state index in [4.69, 9.17) is 4.74 Å². The predicted octanol–water partition coefficient (Wildman–Crippen LogP) is 0.501. The lowest BCUT2D eigenvalue weighted by Crippen LogP contribution is -2.39. The molecule has 1 N–H and O–H groups in total. The number of aromatic nitrogens is 2. The van der Waals surface area contributed by atoms with Crippen LogP contribution in [0.1, 0.15) is 0 Å². The second kappa shape index (κ2) is 4.82. The number of morpholine rings is 1. The fourth-order valence-corrected chi connectivity index (χ4v) is 2.33. The van der Waals surface area contributed by atoms with Gasteiger partial charge in [-0.1, -0.05) is 0 Å². The fourth-order valence-electron chi connectivity index (χ4n) is 1.39. The van der Waals surface area contributed by atoms with Gasteiger partial charge in [-0.05, 0) is 0 Å². The Balaban J connectivity index is 1.76. The summed E-state index contributed by atoms with van der Waals surface area (Å²) in [5, 5.41) is 7.44. The Kier molecular flexibility index (Phi) is 3.44. The first-order valence-corrected chi connectivity index (χ1v) is 5.77. The molecular formula is C9H15N3OS. The Morgan fingerprint density at radius 1 is 1.79 bits per heavy atom. The van der Waals surface area contributed by atoms with Crippen LogP contribution in [0.4, 0.5) is 0 Å². The molecule has 0 spiro atoms. The van der Waals surface area contributed by atoms with Crippen LogP contribution in [0.2, 0.25) is 0 Å². The van der Waals surface area contributed by atoms with E-state index in [1.165, 1.54) is 4.90 Å². The van der Waals surface area contributed by atoms with Gasteiger partial charge in [-0.25, -0.2) is 0 Å². The number of hydrogen-bond donors (Lipinski definition) is 1. The van der Waals surface area contributed by atoms with Crippen LogP contribution in [-0.2, 0) is 11.8 Å². The molecule has 1 aliphatic rings. The van der Waals surface area contributed by atoms with Crippen molar-refractivity contribution in [3.63, 3.8) is 0 Å². The van der Waals surface area contributed by atoms with Gasteiger partial charge in [0.25, 0.3) is 0 Å². The molecule has 0 saturated carbocycles. The highest BCUT2D eigenvalue weighted by Crippen LogP contribution is 2.18. The van der Waals surface area contributed by atoms with Crippen molar-refractivity contribution in [1.82, 2.24) is 15.1 Å². The Morgan fingerprint density at radius 2 is 2.71 bits per heavy atom. The third-order valence-electron chi connectivity index (χ3n) is 2.12. The molecule has 78 valence electrons. The van der Waals surface area contributed by atoms with E-state index < -0.39 is 0 Å². The quantitative estimate of drug-likeness (QED) is 0.742. The lowest BCUT2D eigenvalue weighted by molar-refractivity contribution is 0.0441. The summed E-state index contributed by atoms with van der Waals surface area (Å²) in [5.41, 5.74) is 0. The molecule has 1 unspecified atom stereocenters. The fraction of sp³-hybridized carbons (Fsp3) is 0.667. The topological polar surface area (TPSA) is 39.1 Å². The van der Waals surface area contributed by atoms with Crippen LogP contribution in [-0.4, -0.2) is 41.3 Å². The minimum Gasteiger partial charge on any atom is -0.375 e. The molecule has 2 heterocycles. The van der Waals surface area contributed by atoms with Crippen LogP contribution < -0.4 is 5.32 Å². The highest BCUT2D eigenvalue weighted by Gasteiger charge is 2.13. The Labute approximate surface area is 88.0 Å². The number of thioether (sulfide) groups is 1. The van der Waals surface area contributed by atoms with Gasteiger partial charge in [-0.2, -0.15) is 5.10 Å². The summed E-state index contributed by atoms with van der Waals surface area (Å²) in [5.74, 6) is 0.999. The van der Waals surface area contributed by atoms with Gasteiger partial charge < -0.3 is 10.1 Å². The second-order valence-electron chi connectivity index (χ2n) is 3.36. The van der Waals surface area contributed by atoms with Gasteiger partial charge >= 0.3 is 0 Å². The van der Waals surface area contributed by atoms with Gasteiger partial charge in [0.2, 0.25) is 0 Å². The largest absolute Gasteiger partial charge is 0.375 e. The molecule has 1 atom stereocenters. The molecule has 5 heteroatoms. The summed E-state index contributed by atoms with van der Waals surface area (Å²) in [6.07, 6.45) is 4.26. The predicted molar refractivity (Wildman–Crippen MR) is 56.5 cm³/mol. The number of ether oxygens (including phenoxy) is 1. The Morgan fingerprint density at radius 3 is 3.36 bits per heavy atom. The summed E-state index contributed by atoms with van der Waals surface area (Å²) in [6, 6.07) is 0. The van der Waals surface area contributed by atoms with Crippen molar-refractivity contribution in [3.05, 3.63) is 12.4 Å². The molecule has 0 bridgehead atoms. The van der Waals surface area contributed by atoms with E-state index in [0.29, 0.717) is 6.10 Å². The molecule has 0 radical (unpaired) electrons. The average Bonchev–Trinajstić information content (AvgIpc) is 2.63. The lowest BCUT2D eigenvalue weighted by atomic mass is 10.3. The molecule has 1 aliphatic heterocycles. The summed E-state index contributed by atoms with van der Waals surface area (Å²) in [6.45, 7) is 2.78. The van der Waals surface area contributed by atoms with Crippen LogP contribution in [0.25, 0.3) is 0 Å². The van der Waals surface area contributed by atoms with Gasteiger partial charge in [-0.3, -0.25) is 4.68 Å². The molecule has 0 aliphatic carbocycles. The van der Waals surface area contributed by atoms with E-state index in [9.17, 15) is 0 Å². The maximum Gasteiger partial charge on any atom is 0.0793 e. The van der Waals surface area contributed by atoms with Crippen LogP contribution in [0, 0.1) is 0 Å². The van der Waals surface area contributed by atoms with Crippen molar-refractivity contribution in [2.24, 2.45) is 7.05 Å². The summed E-state index contributed by atoms with van der Waals surface area (Å²) in [7, 11) is 1.93. The van der Waals surface area contributed by atoms with E-state index >= 15 is 0 Å². The SMILES string of the molecule is Cn1cc(SCC2CNCCO2)cn1. The number of nitrogens with one attached hydrogen (secondary N) is 1. The first-order chi connectivity index (χ1) is 6.84. The smallest absolute Gasteiger partial charge is 0.0793 e. The molecule has 1 saturated heterocycles. The molecule has 1 aromatic rings. The van der Waals surface area contributed by atoms with E-state index in [1.807, 2.05) is 24.1 Å². The zero-order chi connectivity index (χ0) is 9.80. The van der Waals surface area contributed by atoms with Gasteiger partial charge in [-0.15, -0.1) is 11.8 Å². The Bertz CT molecular complexity index is 283. The van der Waals surface area contributed by atoms with Crippen molar-refractivity contribution in [3.8, 4) is 0 Å². The first-order valence-electron chi connectivity index (χ1n) is 4.78. The molecule has 2 rings (SSSR count).